The number of hydrogen-bond acceptors (Lipinski definition) is 4. The molecule has 0 aromatic carbocycles. The molecule has 0 radical (unpaired) electrons. The summed E-state index contributed by atoms with van der Waals surface area (Å²) in [6, 6.07) is 2.07. The number of nitrogens with zero attached hydrogens (tertiary/aromatic N) is 2. The summed E-state index contributed by atoms with van der Waals surface area (Å²) in [6.07, 6.45) is 6.55. The van der Waals surface area contributed by atoms with Crippen LogP contribution in [0.5, 0.6) is 6.01 Å². The largest absolute Gasteiger partial charge is 0.460 e. The number of nitrogens with two attached hydrogens (primary N) is 1. The molecule has 2 rings (SSSR count). The quantitative estimate of drug-likeness (QED) is 0.805. The molecule has 1 aromatic rings. The van der Waals surface area contributed by atoms with Gasteiger partial charge >= 0.3 is 6.01 Å². The van der Waals surface area contributed by atoms with E-state index in [0.717, 1.165) is 18.8 Å². The Morgan fingerprint density at radius 1 is 1.33 bits per heavy atom. The van der Waals surface area contributed by atoms with Gasteiger partial charge in [0.1, 0.15) is 11.9 Å². The second-order valence-electron chi connectivity index (χ2n) is 4.26. The van der Waals surface area contributed by atoms with Crippen LogP contribution in [0.4, 0.5) is 5.82 Å². The van der Waals surface area contributed by atoms with Gasteiger partial charge in [0.05, 0.1) is 0 Å². The summed E-state index contributed by atoms with van der Waals surface area (Å²) in [4.78, 5) is 8.07. The van der Waals surface area contributed by atoms with Crippen LogP contribution in [0.15, 0.2) is 12.3 Å². The lowest BCUT2D eigenvalue weighted by atomic mass is 9.89. The van der Waals surface area contributed by atoms with E-state index in [2.05, 4.69) is 16.9 Å². The van der Waals surface area contributed by atoms with Crippen molar-refractivity contribution < 1.29 is 4.74 Å². The van der Waals surface area contributed by atoms with Crippen molar-refractivity contribution in [3.63, 3.8) is 0 Å². The van der Waals surface area contributed by atoms with Gasteiger partial charge in [-0.3, -0.25) is 0 Å². The normalized spacial score (nSPS) is 26.2. The Morgan fingerprint density at radius 2 is 2.07 bits per heavy atom. The lowest BCUT2D eigenvalue weighted by molar-refractivity contribution is 0.124. The van der Waals surface area contributed by atoms with Crippen molar-refractivity contribution >= 4 is 5.82 Å². The zero-order chi connectivity index (χ0) is 10.7. The van der Waals surface area contributed by atoms with E-state index in [4.69, 9.17) is 10.5 Å². The van der Waals surface area contributed by atoms with Crippen molar-refractivity contribution in [3.05, 3.63) is 12.3 Å². The minimum Gasteiger partial charge on any atom is -0.460 e. The van der Waals surface area contributed by atoms with E-state index in [0.29, 0.717) is 11.8 Å². The lowest BCUT2D eigenvalue weighted by Crippen LogP contribution is -2.23. The minimum absolute atomic E-state index is 0.267. The standard InChI is InChI=1S/C11H17N3O/c1-8-2-4-9(5-3-8)15-11-13-7-6-10(12)14-11/h6-9H,2-5H2,1H3,(H2,12,13,14). The first-order chi connectivity index (χ1) is 7.24. The van der Waals surface area contributed by atoms with E-state index < -0.39 is 0 Å². The van der Waals surface area contributed by atoms with Crippen LogP contribution in [0, 0.1) is 5.92 Å². The maximum Gasteiger partial charge on any atom is 0.318 e. The second kappa shape index (κ2) is 4.47. The van der Waals surface area contributed by atoms with Gasteiger partial charge in [0.25, 0.3) is 0 Å². The van der Waals surface area contributed by atoms with Gasteiger partial charge in [-0.15, -0.1) is 0 Å². The molecule has 82 valence electrons. The molecule has 0 unspecified atom stereocenters. The zero-order valence-corrected chi connectivity index (χ0v) is 9.02. The summed E-state index contributed by atoms with van der Waals surface area (Å²) in [5.74, 6) is 1.29. The van der Waals surface area contributed by atoms with Crippen LogP contribution >= 0.6 is 0 Å². The van der Waals surface area contributed by atoms with Crippen LogP contribution in [-0.2, 0) is 0 Å². The van der Waals surface area contributed by atoms with E-state index in [1.165, 1.54) is 12.8 Å². The Bertz CT molecular complexity index is 321. The smallest absolute Gasteiger partial charge is 0.318 e. The van der Waals surface area contributed by atoms with Gasteiger partial charge in [-0.1, -0.05) is 6.92 Å². The highest BCUT2D eigenvalue weighted by Gasteiger charge is 2.20. The molecular formula is C11H17N3O. The molecule has 15 heavy (non-hydrogen) atoms. The van der Waals surface area contributed by atoms with Crippen LogP contribution in [0.2, 0.25) is 0 Å². The molecule has 0 aliphatic heterocycles. The van der Waals surface area contributed by atoms with E-state index >= 15 is 0 Å². The fraction of sp³-hybridized carbons (Fsp3) is 0.636. The first-order valence-electron chi connectivity index (χ1n) is 5.49. The van der Waals surface area contributed by atoms with Crippen LogP contribution < -0.4 is 10.5 Å². The van der Waals surface area contributed by atoms with Crippen LogP contribution in [0.3, 0.4) is 0 Å². The van der Waals surface area contributed by atoms with E-state index in [-0.39, 0.29) is 6.10 Å². The predicted octanol–water partition coefficient (Wildman–Crippen LogP) is 2.02. The number of aromatic nitrogens is 2. The van der Waals surface area contributed by atoms with Gasteiger partial charge in [0.15, 0.2) is 0 Å². The van der Waals surface area contributed by atoms with Crippen LogP contribution in [0.25, 0.3) is 0 Å². The second-order valence-corrected chi connectivity index (χ2v) is 4.26. The number of nitrogen functional groups attached to an aromatic ring is 1. The molecule has 1 saturated carbocycles. The maximum absolute atomic E-state index is 5.68. The zero-order valence-electron chi connectivity index (χ0n) is 9.02. The first kappa shape index (κ1) is 10.2. The average Bonchev–Trinajstić information content (AvgIpc) is 2.22. The minimum atomic E-state index is 0.267. The molecule has 4 nitrogen and oxygen atoms in total. The molecule has 0 amide bonds. The molecule has 1 heterocycles. The van der Waals surface area contributed by atoms with E-state index in [1.807, 2.05) is 0 Å². The highest BCUT2D eigenvalue weighted by Crippen LogP contribution is 2.25. The molecule has 0 bridgehead atoms. The Morgan fingerprint density at radius 3 is 2.73 bits per heavy atom. The molecule has 0 saturated heterocycles. The van der Waals surface area contributed by atoms with Crippen molar-refractivity contribution in [1.82, 2.24) is 9.97 Å². The SMILES string of the molecule is CC1CCC(Oc2nccc(N)n2)CC1. The highest BCUT2D eigenvalue weighted by atomic mass is 16.5. The van der Waals surface area contributed by atoms with Gasteiger partial charge in [-0.25, -0.2) is 4.98 Å². The van der Waals surface area contributed by atoms with Gasteiger partial charge < -0.3 is 10.5 Å². The Hall–Kier alpha value is -1.32. The predicted molar refractivity (Wildman–Crippen MR) is 58.5 cm³/mol. The highest BCUT2D eigenvalue weighted by molar-refractivity contribution is 5.26. The van der Waals surface area contributed by atoms with Crippen LogP contribution in [0.1, 0.15) is 32.6 Å². The van der Waals surface area contributed by atoms with Gasteiger partial charge in [-0.2, -0.15) is 4.98 Å². The Labute approximate surface area is 89.9 Å². The van der Waals surface area contributed by atoms with Gasteiger partial charge in [-0.05, 0) is 37.7 Å². The lowest BCUT2D eigenvalue weighted by Gasteiger charge is -2.25. The molecule has 1 aliphatic carbocycles. The summed E-state index contributed by atoms with van der Waals surface area (Å²) in [5.41, 5.74) is 5.55. The molecule has 1 fully saturated rings. The van der Waals surface area contributed by atoms with Crippen molar-refractivity contribution in [1.29, 1.82) is 0 Å². The maximum atomic E-state index is 5.68. The van der Waals surface area contributed by atoms with Gasteiger partial charge in [0, 0.05) is 6.20 Å². The Balaban J connectivity index is 1.92. The number of rotatable bonds is 2. The summed E-state index contributed by atoms with van der Waals surface area (Å²) in [7, 11) is 0. The fourth-order valence-electron chi connectivity index (χ4n) is 1.91. The molecular weight excluding hydrogens is 190 g/mol. The van der Waals surface area contributed by atoms with Crippen molar-refractivity contribution in [3.8, 4) is 6.01 Å². The van der Waals surface area contributed by atoms with Crippen LogP contribution in [-0.4, -0.2) is 16.1 Å². The summed E-state index contributed by atoms with van der Waals surface area (Å²) < 4.78 is 5.68. The molecule has 4 heteroatoms. The van der Waals surface area contributed by atoms with Crippen molar-refractivity contribution in [2.75, 3.05) is 5.73 Å². The Kier molecular flexibility index (Phi) is 3.04. The monoisotopic (exact) mass is 207 g/mol. The number of anilines is 1. The third-order valence-electron chi connectivity index (χ3n) is 2.89. The molecule has 1 aliphatic rings. The van der Waals surface area contributed by atoms with Gasteiger partial charge in [0.2, 0.25) is 0 Å². The van der Waals surface area contributed by atoms with E-state index in [1.54, 1.807) is 12.3 Å². The summed E-state index contributed by atoms with van der Waals surface area (Å²) in [6.45, 7) is 2.28. The third kappa shape index (κ3) is 2.81. The molecule has 1 aromatic heterocycles. The summed E-state index contributed by atoms with van der Waals surface area (Å²) in [5, 5.41) is 0. The fourth-order valence-corrected chi connectivity index (χ4v) is 1.91. The molecule has 0 atom stereocenters. The molecule has 0 spiro atoms. The topological polar surface area (TPSA) is 61.0 Å². The number of hydrogen-bond donors (Lipinski definition) is 1. The first-order valence-corrected chi connectivity index (χ1v) is 5.49. The summed E-state index contributed by atoms with van der Waals surface area (Å²) >= 11 is 0. The third-order valence-corrected chi connectivity index (χ3v) is 2.89. The average molecular weight is 207 g/mol. The number of ether oxygens (including phenoxy) is 1. The van der Waals surface area contributed by atoms with Crippen molar-refractivity contribution in [2.45, 2.75) is 38.7 Å². The van der Waals surface area contributed by atoms with Crippen molar-refractivity contribution in [2.24, 2.45) is 5.92 Å². The molecule has 2 N–H and O–H groups in total. The van der Waals surface area contributed by atoms with E-state index in [9.17, 15) is 0 Å².